The van der Waals surface area contributed by atoms with Crippen LogP contribution in [-0.2, 0) is 9.59 Å². The number of methoxy groups -OCH3 is 2. The molecule has 1 N–H and O–H groups in total. The highest BCUT2D eigenvalue weighted by Crippen LogP contribution is 2.34. The second-order valence-electron chi connectivity index (χ2n) is 6.13. The molecule has 1 saturated heterocycles. The maximum Gasteiger partial charge on any atom is 0.227 e. The molecule has 0 unspecified atom stereocenters. The van der Waals surface area contributed by atoms with E-state index < -0.39 is 0 Å². The van der Waals surface area contributed by atoms with Crippen molar-refractivity contribution in [3.63, 3.8) is 0 Å². The zero-order chi connectivity index (χ0) is 18.4. The Bertz CT molecular complexity index is 620. The third kappa shape index (κ3) is 4.63. The van der Waals surface area contributed by atoms with Crippen molar-refractivity contribution in [3.05, 3.63) is 18.2 Å². The third-order valence-corrected chi connectivity index (χ3v) is 4.51. The summed E-state index contributed by atoms with van der Waals surface area (Å²) in [6.07, 6.45) is 0.226. The normalized spacial score (nSPS) is 17.1. The van der Waals surface area contributed by atoms with Gasteiger partial charge in [-0.1, -0.05) is 6.92 Å². The van der Waals surface area contributed by atoms with Crippen LogP contribution in [0.15, 0.2) is 18.2 Å². The van der Waals surface area contributed by atoms with Gasteiger partial charge >= 0.3 is 0 Å². The number of carbonyl (C=O) groups is 2. The third-order valence-electron chi connectivity index (χ3n) is 4.51. The van der Waals surface area contributed by atoms with E-state index in [1.54, 1.807) is 37.3 Å². The van der Waals surface area contributed by atoms with Crippen molar-refractivity contribution in [2.24, 2.45) is 5.92 Å². The van der Waals surface area contributed by atoms with Gasteiger partial charge in [-0.3, -0.25) is 9.59 Å². The summed E-state index contributed by atoms with van der Waals surface area (Å²) in [6, 6.07) is 5.32. The van der Waals surface area contributed by atoms with Gasteiger partial charge in [0.2, 0.25) is 11.8 Å². The lowest BCUT2D eigenvalue weighted by atomic mass is 10.1. The fourth-order valence-electron chi connectivity index (χ4n) is 2.80. The summed E-state index contributed by atoms with van der Waals surface area (Å²) >= 11 is 0. The summed E-state index contributed by atoms with van der Waals surface area (Å²) in [5, 5.41) is 2.92. The number of carbonyl (C=O) groups excluding carboxylic acids is 2. The molecule has 0 spiro atoms. The first-order chi connectivity index (χ1) is 12.0. The van der Waals surface area contributed by atoms with E-state index in [-0.39, 0.29) is 24.2 Å². The topological polar surface area (TPSA) is 71.1 Å². The van der Waals surface area contributed by atoms with Crippen LogP contribution in [0.1, 0.15) is 13.3 Å². The molecule has 0 aliphatic carbocycles. The highest BCUT2D eigenvalue weighted by Gasteiger charge is 2.35. The van der Waals surface area contributed by atoms with Crippen LogP contribution in [0.4, 0.5) is 5.69 Å². The minimum atomic E-state index is -0.326. The molecule has 2 amide bonds. The Morgan fingerprint density at radius 1 is 1.32 bits per heavy atom. The quantitative estimate of drug-likeness (QED) is 0.762. The monoisotopic (exact) mass is 349 g/mol. The Labute approximate surface area is 148 Å². The number of likely N-dealkylation sites (N-methyl/N-ethyl adjacent to an activating group) is 1. The lowest BCUT2D eigenvalue weighted by Crippen LogP contribution is -2.37. The van der Waals surface area contributed by atoms with Crippen molar-refractivity contribution < 1.29 is 19.1 Å². The molecule has 138 valence electrons. The summed E-state index contributed by atoms with van der Waals surface area (Å²) in [7, 11) is 5.12. The van der Waals surface area contributed by atoms with Crippen LogP contribution in [0.3, 0.4) is 0 Å². The van der Waals surface area contributed by atoms with Crippen molar-refractivity contribution in [1.82, 2.24) is 10.2 Å². The Morgan fingerprint density at radius 3 is 2.68 bits per heavy atom. The molecule has 2 rings (SSSR count). The van der Waals surface area contributed by atoms with E-state index >= 15 is 0 Å². The predicted octanol–water partition coefficient (Wildman–Crippen LogP) is 1.12. The van der Waals surface area contributed by atoms with E-state index in [0.29, 0.717) is 30.3 Å². The molecule has 25 heavy (non-hydrogen) atoms. The number of hydrogen-bond donors (Lipinski definition) is 1. The van der Waals surface area contributed by atoms with Crippen LogP contribution in [-0.4, -0.2) is 64.2 Å². The molecule has 1 fully saturated rings. The maximum absolute atomic E-state index is 12.3. The van der Waals surface area contributed by atoms with Gasteiger partial charge in [0.1, 0.15) is 0 Å². The second-order valence-corrected chi connectivity index (χ2v) is 6.13. The first-order valence-corrected chi connectivity index (χ1v) is 8.48. The van der Waals surface area contributed by atoms with Crippen LogP contribution in [0, 0.1) is 5.92 Å². The first kappa shape index (κ1) is 19.1. The minimum absolute atomic E-state index is 0.0574. The van der Waals surface area contributed by atoms with Crippen LogP contribution in [0.2, 0.25) is 0 Å². The molecule has 7 nitrogen and oxygen atoms in total. The predicted molar refractivity (Wildman–Crippen MR) is 96.2 cm³/mol. The second kappa shape index (κ2) is 8.71. The lowest BCUT2D eigenvalue weighted by Gasteiger charge is -2.19. The molecule has 0 bridgehead atoms. The van der Waals surface area contributed by atoms with Crippen molar-refractivity contribution in [3.8, 4) is 11.5 Å². The van der Waals surface area contributed by atoms with Crippen LogP contribution in [0.25, 0.3) is 0 Å². The molecule has 1 atom stereocenters. The minimum Gasteiger partial charge on any atom is -0.493 e. The van der Waals surface area contributed by atoms with Crippen molar-refractivity contribution in [1.29, 1.82) is 0 Å². The molecule has 1 aromatic carbocycles. The Hall–Kier alpha value is -2.28. The van der Waals surface area contributed by atoms with Crippen molar-refractivity contribution >= 4 is 17.5 Å². The molecule has 0 radical (unpaired) electrons. The molecule has 0 saturated carbocycles. The van der Waals surface area contributed by atoms with Gasteiger partial charge in [-0.05, 0) is 25.7 Å². The molecule has 1 aromatic rings. The molecule has 1 aliphatic heterocycles. The first-order valence-electron chi connectivity index (χ1n) is 8.48. The van der Waals surface area contributed by atoms with Gasteiger partial charge in [-0.25, -0.2) is 0 Å². The number of ether oxygens (including phenoxy) is 2. The number of benzene rings is 1. The average molecular weight is 349 g/mol. The van der Waals surface area contributed by atoms with Crippen molar-refractivity contribution in [2.45, 2.75) is 13.3 Å². The van der Waals surface area contributed by atoms with E-state index in [1.807, 2.05) is 7.05 Å². The number of hydrogen-bond acceptors (Lipinski definition) is 5. The zero-order valence-electron chi connectivity index (χ0n) is 15.4. The van der Waals surface area contributed by atoms with Gasteiger partial charge in [0.15, 0.2) is 11.5 Å². The van der Waals surface area contributed by atoms with Crippen LogP contribution in [0.5, 0.6) is 11.5 Å². The average Bonchev–Trinajstić information content (AvgIpc) is 3.02. The maximum atomic E-state index is 12.3. The molecule has 7 heteroatoms. The summed E-state index contributed by atoms with van der Waals surface area (Å²) < 4.78 is 10.5. The molecule has 1 heterocycles. The number of anilines is 1. The van der Waals surface area contributed by atoms with E-state index in [9.17, 15) is 9.59 Å². The van der Waals surface area contributed by atoms with Gasteiger partial charge in [0.25, 0.3) is 0 Å². The van der Waals surface area contributed by atoms with E-state index in [2.05, 4.69) is 17.1 Å². The van der Waals surface area contributed by atoms with Crippen LogP contribution >= 0.6 is 0 Å². The van der Waals surface area contributed by atoms with Crippen LogP contribution < -0.4 is 19.7 Å². The molecule has 1 aliphatic rings. The zero-order valence-corrected chi connectivity index (χ0v) is 15.4. The van der Waals surface area contributed by atoms with Crippen molar-refractivity contribution in [2.75, 3.05) is 52.3 Å². The highest BCUT2D eigenvalue weighted by molar-refractivity contribution is 6.00. The molecule has 0 aromatic heterocycles. The summed E-state index contributed by atoms with van der Waals surface area (Å²) in [5.41, 5.74) is 0.712. The fourth-order valence-corrected chi connectivity index (χ4v) is 2.80. The molecular weight excluding hydrogens is 322 g/mol. The lowest BCUT2D eigenvalue weighted by molar-refractivity contribution is -0.126. The van der Waals surface area contributed by atoms with E-state index in [4.69, 9.17) is 9.47 Å². The van der Waals surface area contributed by atoms with E-state index in [1.165, 1.54) is 0 Å². The SMILES string of the molecule is CCN(C)CCNC(=O)[C@H]1CC(=O)N(c2ccc(OC)c(OC)c2)C1. The Morgan fingerprint density at radius 2 is 2.04 bits per heavy atom. The number of amides is 2. The van der Waals surface area contributed by atoms with Gasteiger partial charge < -0.3 is 24.6 Å². The summed E-state index contributed by atoms with van der Waals surface area (Å²) in [4.78, 5) is 28.4. The molecular formula is C18H27N3O4. The number of rotatable bonds is 8. The highest BCUT2D eigenvalue weighted by atomic mass is 16.5. The Balaban J connectivity index is 1.99. The van der Waals surface area contributed by atoms with Gasteiger partial charge in [0, 0.05) is 37.8 Å². The van der Waals surface area contributed by atoms with E-state index in [0.717, 1.165) is 13.1 Å². The standard InChI is InChI=1S/C18H27N3O4/c1-5-20(2)9-8-19-18(23)13-10-17(22)21(12-13)14-6-7-15(24-3)16(11-14)25-4/h6-7,11,13H,5,8-10,12H2,1-4H3,(H,19,23)/t13-/m0/s1. The van der Waals surface area contributed by atoms with Gasteiger partial charge in [0.05, 0.1) is 20.1 Å². The van der Waals surface area contributed by atoms with Gasteiger partial charge in [-0.2, -0.15) is 0 Å². The summed E-state index contributed by atoms with van der Waals surface area (Å²) in [5.74, 6) is 0.710. The number of nitrogens with zero attached hydrogens (tertiary/aromatic N) is 2. The smallest absolute Gasteiger partial charge is 0.227 e. The largest absolute Gasteiger partial charge is 0.493 e. The fraction of sp³-hybridized carbons (Fsp3) is 0.556. The number of nitrogens with one attached hydrogen (secondary N) is 1. The summed E-state index contributed by atoms with van der Waals surface area (Å²) in [6.45, 7) is 4.76. The Kier molecular flexibility index (Phi) is 6.64. The van der Waals surface area contributed by atoms with Gasteiger partial charge in [-0.15, -0.1) is 0 Å².